The summed E-state index contributed by atoms with van der Waals surface area (Å²) in [5, 5.41) is 7.64. The molecule has 1 N–H and O–H groups in total. The number of fused-ring (bicyclic) bond motifs is 2. The first kappa shape index (κ1) is 18.5. The minimum atomic E-state index is -2.42. The zero-order valence-corrected chi connectivity index (χ0v) is 16.8. The van der Waals surface area contributed by atoms with Crippen LogP contribution < -0.4 is 0 Å². The van der Waals surface area contributed by atoms with Crippen molar-refractivity contribution in [2.75, 3.05) is 12.5 Å². The molecule has 0 fully saturated rings. The number of aromatic nitrogens is 4. The number of benzene rings is 1. The minimum absolute atomic E-state index is 0.0602. The SMILES string of the molecule is CC(C)c1nc(N=S(C)(C)=O)c2cc3[nH]ncc3nc2c1-c1ccc(F)cc1. The van der Waals surface area contributed by atoms with Gasteiger partial charge in [0.25, 0.3) is 0 Å². The van der Waals surface area contributed by atoms with Crippen molar-refractivity contribution in [1.29, 1.82) is 0 Å². The molecule has 28 heavy (non-hydrogen) atoms. The average Bonchev–Trinajstić information content (AvgIpc) is 3.07. The van der Waals surface area contributed by atoms with Crippen molar-refractivity contribution >= 4 is 37.5 Å². The van der Waals surface area contributed by atoms with E-state index in [9.17, 15) is 8.60 Å². The summed E-state index contributed by atoms with van der Waals surface area (Å²) in [4.78, 5) is 9.55. The lowest BCUT2D eigenvalue weighted by Gasteiger charge is -2.16. The maximum atomic E-state index is 13.5. The van der Waals surface area contributed by atoms with Crippen LogP contribution in [-0.4, -0.2) is 36.9 Å². The Kier molecular flexibility index (Phi) is 4.38. The smallest absolute Gasteiger partial charge is 0.171 e. The van der Waals surface area contributed by atoms with Crippen LogP contribution in [0.4, 0.5) is 10.2 Å². The standard InChI is InChI=1S/C20H20FN5OS/c1-11(2)18-17(12-5-7-13(21)8-6-12)19-14(20(24-18)26-28(3,4)27)9-15-16(23-19)10-22-25-15/h5-11H,1-4H3,(H,22,25). The van der Waals surface area contributed by atoms with Gasteiger partial charge >= 0.3 is 0 Å². The number of H-pyrrole nitrogens is 1. The van der Waals surface area contributed by atoms with Crippen LogP contribution in [0.15, 0.2) is 40.9 Å². The number of nitrogens with one attached hydrogen (secondary N) is 1. The van der Waals surface area contributed by atoms with E-state index in [2.05, 4.69) is 14.6 Å². The number of hydrogen-bond donors (Lipinski definition) is 1. The molecule has 0 amide bonds. The van der Waals surface area contributed by atoms with Gasteiger partial charge in [-0.15, -0.1) is 0 Å². The Hall–Kier alpha value is -2.87. The van der Waals surface area contributed by atoms with Crippen molar-refractivity contribution in [3.63, 3.8) is 0 Å². The summed E-state index contributed by atoms with van der Waals surface area (Å²) in [6.07, 6.45) is 4.80. The molecule has 0 atom stereocenters. The molecule has 0 aliphatic rings. The molecular weight excluding hydrogens is 377 g/mol. The van der Waals surface area contributed by atoms with Gasteiger partial charge in [0, 0.05) is 33.2 Å². The monoisotopic (exact) mass is 397 g/mol. The normalized spacial score (nSPS) is 12.2. The van der Waals surface area contributed by atoms with Gasteiger partial charge in [-0.05, 0) is 29.7 Å². The summed E-state index contributed by atoms with van der Waals surface area (Å²) in [6.45, 7) is 4.05. The summed E-state index contributed by atoms with van der Waals surface area (Å²) < 4.78 is 30.3. The van der Waals surface area contributed by atoms with E-state index in [1.807, 2.05) is 19.9 Å². The van der Waals surface area contributed by atoms with Crippen LogP contribution in [0.3, 0.4) is 0 Å². The molecule has 0 saturated carbocycles. The molecule has 0 saturated heterocycles. The zero-order valence-electron chi connectivity index (χ0n) is 16.0. The molecule has 0 aliphatic carbocycles. The van der Waals surface area contributed by atoms with Gasteiger partial charge in [-0.1, -0.05) is 26.0 Å². The van der Waals surface area contributed by atoms with E-state index >= 15 is 0 Å². The summed E-state index contributed by atoms with van der Waals surface area (Å²) in [5.41, 5.74) is 4.55. The second-order valence-electron chi connectivity index (χ2n) is 7.32. The average molecular weight is 397 g/mol. The Balaban J connectivity index is 2.20. The molecule has 144 valence electrons. The third kappa shape index (κ3) is 3.35. The number of pyridine rings is 2. The predicted molar refractivity (Wildman–Crippen MR) is 111 cm³/mol. The Morgan fingerprint density at radius 3 is 2.50 bits per heavy atom. The first-order chi connectivity index (χ1) is 13.2. The summed E-state index contributed by atoms with van der Waals surface area (Å²) >= 11 is 0. The molecular formula is C20H20FN5OS. The summed E-state index contributed by atoms with van der Waals surface area (Å²) in [6, 6.07) is 8.16. The predicted octanol–water partition coefficient (Wildman–Crippen LogP) is 4.79. The molecule has 0 radical (unpaired) electrons. The largest absolute Gasteiger partial charge is 0.276 e. The maximum absolute atomic E-state index is 13.5. The topological polar surface area (TPSA) is 83.9 Å². The van der Waals surface area contributed by atoms with Crippen molar-refractivity contribution < 1.29 is 8.60 Å². The number of aromatic amines is 1. The maximum Gasteiger partial charge on any atom is 0.171 e. The Bertz CT molecular complexity index is 1310. The molecule has 4 rings (SSSR count). The van der Waals surface area contributed by atoms with Gasteiger partial charge in [0.05, 0.1) is 22.9 Å². The van der Waals surface area contributed by atoms with Crippen molar-refractivity contribution in [3.05, 3.63) is 48.0 Å². The second kappa shape index (κ2) is 6.63. The third-order valence-electron chi connectivity index (χ3n) is 4.37. The molecule has 4 aromatic rings. The fraction of sp³-hybridized carbons (Fsp3) is 0.250. The highest BCUT2D eigenvalue weighted by Gasteiger charge is 2.20. The Morgan fingerprint density at radius 2 is 1.86 bits per heavy atom. The summed E-state index contributed by atoms with van der Waals surface area (Å²) in [5.74, 6) is 0.147. The van der Waals surface area contributed by atoms with E-state index in [0.717, 1.165) is 22.3 Å². The van der Waals surface area contributed by atoms with Gasteiger partial charge in [-0.25, -0.2) is 18.6 Å². The van der Waals surface area contributed by atoms with Gasteiger partial charge in [0.1, 0.15) is 11.3 Å². The van der Waals surface area contributed by atoms with E-state index in [0.29, 0.717) is 22.2 Å². The second-order valence-corrected chi connectivity index (χ2v) is 9.86. The molecule has 1 aromatic carbocycles. The lowest BCUT2D eigenvalue weighted by molar-refractivity contribution is 0.628. The fourth-order valence-corrected chi connectivity index (χ4v) is 3.74. The van der Waals surface area contributed by atoms with E-state index in [1.54, 1.807) is 30.8 Å². The minimum Gasteiger partial charge on any atom is -0.276 e. The number of halogens is 1. The summed E-state index contributed by atoms with van der Waals surface area (Å²) in [7, 11) is -2.42. The van der Waals surface area contributed by atoms with Crippen LogP contribution in [0.1, 0.15) is 25.5 Å². The van der Waals surface area contributed by atoms with Crippen LogP contribution in [-0.2, 0) is 9.73 Å². The van der Waals surface area contributed by atoms with Gasteiger partial charge in [0.2, 0.25) is 0 Å². The quantitative estimate of drug-likeness (QED) is 0.538. The highest BCUT2D eigenvalue weighted by Crippen LogP contribution is 2.39. The molecule has 8 heteroatoms. The van der Waals surface area contributed by atoms with E-state index < -0.39 is 9.73 Å². The molecule has 3 heterocycles. The molecule has 0 spiro atoms. The van der Waals surface area contributed by atoms with Crippen LogP contribution in [0, 0.1) is 5.82 Å². The lowest BCUT2D eigenvalue weighted by atomic mass is 9.95. The van der Waals surface area contributed by atoms with Crippen LogP contribution >= 0.6 is 0 Å². The molecule has 3 aromatic heterocycles. The van der Waals surface area contributed by atoms with Gasteiger partial charge in [0.15, 0.2) is 5.82 Å². The highest BCUT2D eigenvalue weighted by molar-refractivity contribution is 7.92. The zero-order chi connectivity index (χ0) is 20.1. The molecule has 0 unspecified atom stereocenters. The Labute approximate surface area is 162 Å². The number of nitrogens with zero attached hydrogens (tertiary/aromatic N) is 4. The molecule has 0 bridgehead atoms. The van der Waals surface area contributed by atoms with Gasteiger partial charge in [-0.3, -0.25) is 5.10 Å². The van der Waals surface area contributed by atoms with Crippen LogP contribution in [0.2, 0.25) is 0 Å². The first-order valence-electron chi connectivity index (χ1n) is 8.84. The fourth-order valence-electron chi connectivity index (χ4n) is 3.19. The third-order valence-corrected chi connectivity index (χ3v) is 4.98. The van der Waals surface area contributed by atoms with E-state index in [4.69, 9.17) is 9.97 Å². The van der Waals surface area contributed by atoms with Crippen molar-refractivity contribution in [1.82, 2.24) is 20.2 Å². The van der Waals surface area contributed by atoms with Crippen molar-refractivity contribution in [2.45, 2.75) is 19.8 Å². The number of rotatable bonds is 3. The van der Waals surface area contributed by atoms with Crippen LogP contribution in [0.25, 0.3) is 33.1 Å². The molecule has 0 aliphatic heterocycles. The number of hydrogen-bond acceptors (Lipinski definition) is 5. The lowest BCUT2D eigenvalue weighted by Crippen LogP contribution is -2.01. The van der Waals surface area contributed by atoms with Gasteiger partial charge in [-0.2, -0.15) is 9.46 Å². The van der Waals surface area contributed by atoms with Crippen molar-refractivity contribution in [3.8, 4) is 11.1 Å². The first-order valence-corrected chi connectivity index (χ1v) is 11.2. The van der Waals surface area contributed by atoms with Crippen LogP contribution in [0.5, 0.6) is 0 Å². The molecule has 6 nitrogen and oxygen atoms in total. The van der Waals surface area contributed by atoms with Gasteiger partial charge < -0.3 is 0 Å². The van der Waals surface area contributed by atoms with E-state index in [-0.39, 0.29) is 11.7 Å². The van der Waals surface area contributed by atoms with E-state index in [1.165, 1.54) is 12.1 Å². The van der Waals surface area contributed by atoms with Crippen molar-refractivity contribution in [2.24, 2.45) is 4.36 Å². The highest BCUT2D eigenvalue weighted by atomic mass is 32.2. The Morgan fingerprint density at radius 1 is 1.14 bits per heavy atom.